The van der Waals surface area contributed by atoms with Crippen molar-refractivity contribution in [2.45, 2.75) is 25.6 Å². The summed E-state index contributed by atoms with van der Waals surface area (Å²) in [5.41, 5.74) is 7.72. The zero-order valence-corrected chi connectivity index (χ0v) is 19.3. The number of carbonyl (C=O) groups is 2. The lowest BCUT2D eigenvalue weighted by atomic mass is 10.0. The van der Waals surface area contributed by atoms with Gasteiger partial charge in [-0.15, -0.1) is 11.3 Å². The van der Waals surface area contributed by atoms with Crippen molar-refractivity contribution in [3.63, 3.8) is 0 Å². The molecule has 9 heteroatoms. The predicted octanol–water partition coefficient (Wildman–Crippen LogP) is 3.35. The second kappa shape index (κ2) is 9.25. The Bertz CT molecular complexity index is 1150. The number of aromatic nitrogens is 2. The third kappa shape index (κ3) is 4.68. The number of anilines is 1. The van der Waals surface area contributed by atoms with E-state index in [9.17, 15) is 9.59 Å². The normalized spacial score (nSPS) is 19.9. The van der Waals surface area contributed by atoms with Gasteiger partial charge < -0.3 is 15.4 Å². The van der Waals surface area contributed by atoms with Crippen LogP contribution in [0.3, 0.4) is 0 Å². The molecule has 160 valence electrons. The number of benzene rings is 1. The predicted molar refractivity (Wildman–Crippen MR) is 126 cm³/mol. The number of hydrogen-bond acceptors (Lipinski definition) is 7. The number of amides is 1. The Kier molecular flexibility index (Phi) is 6.45. The van der Waals surface area contributed by atoms with Gasteiger partial charge in [0.25, 0.3) is 0 Å². The number of nitrogen functional groups attached to an aromatic ring is 1. The highest BCUT2D eigenvalue weighted by atomic mass is 79.9. The molecule has 2 atom stereocenters. The van der Waals surface area contributed by atoms with Crippen LogP contribution in [-0.2, 0) is 16.1 Å². The molecule has 0 bridgehead atoms. The molecule has 0 spiro atoms. The summed E-state index contributed by atoms with van der Waals surface area (Å²) in [6.07, 6.45) is 5.78. The fourth-order valence-electron chi connectivity index (χ4n) is 3.90. The SMILES string of the molecule is C[C@H]1C(C=O)N(Cc2ccc3c(N)ncnc3c2)CCN1C(=O)C=Cc1ccc(Br)s1. The first-order chi connectivity index (χ1) is 15.0. The second-order valence-corrected chi connectivity index (χ2v) is 9.95. The molecule has 1 unspecified atom stereocenters. The van der Waals surface area contributed by atoms with E-state index in [2.05, 4.69) is 30.8 Å². The number of halogens is 1. The van der Waals surface area contributed by atoms with Gasteiger partial charge in [-0.25, -0.2) is 9.97 Å². The van der Waals surface area contributed by atoms with E-state index in [1.54, 1.807) is 22.3 Å². The maximum absolute atomic E-state index is 12.8. The number of hydrogen-bond donors (Lipinski definition) is 1. The lowest BCUT2D eigenvalue weighted by Gasteiger charge is -2.43. The monoisotopic (exact) mass is 499 g/mol. The first-order valence-electron chi connectivity index (χ1n) is 9.89. The summed E-state index contributed by atoms with van der Waals surface area (Å²) in [4.78, 5) is 37.9. The molecule has 1 aliphatic rings. The summed E-state index contributed by atoms with van der Waals surface area (Å²) in [6, 6.07) is 9.16. The van der Waals surface area contributed by atoms with E-state index in [0.717, 1.165) is 31.4 Å². The number of aldehydes is 1. The Balaban J connectivity index is 1.46. The molecule has 3 aromatic rings. The standard InChI is InChI=1S/C22H22BrN5O2S/c1-14-19(12-29)27(11-15-2-5-17-18(10-15)25-13-26-22(17)24)8-9-28(14)21(30)7-4-16-3-6-20(23)31-16/h2-7,10,12-14,19H,8-9,11H2,1H3,(H2,24,25,26)/t14-,19?/m0/s1. The minimum absolute atomic E-state index is 0.0820. The number of nitrogens with zero attached hydrogens (tertiary/aromatic N) is 4. The van der Waals surface area contributed by atoms with E-state index >= 15 is 0 Å². The van der Waals surface area contributed by atoms with Gasteiger partial charge in [-0.3, -0.25) is 9.69 Å². The Morgan fingerprint density at radius 2 is 2.13 bits per heavy atom. The van der Waals surface area contributed by atoms with Crippen LogP contribution in [0.5, 0.6) is 0 Å². The fraction of sp³-hybridized carbons (Fsp3) is 0.273. The second-order valence-electron chi connectivity index (χ2n) is 7.46. The van der Waals surface area contributed by atoms with Crippen LogP contribution < -0.4 is 5.73 Å². The van der Waals surface area contributed by atoms with Gasteiger partial charge in [0.05, 0.1) is 21.4 Å². The molecule has 1 fully saturated rings. The maximum atomic E-state index is 12.8. The highest BCUT2D eigenvalue weighted by Crippen LogP contribution is 2.25. The molecule has 1 saturated heterocycles. The van der Waals surface area contributed by atoms with Gasteiger partial charge in [0.1, 0.15) is 18.4 Å². The number of thiophene rings is 1. The molecule has 7 nitrogen and oxygen atoms in total. The lowest BCUT2D eigenvalue weighted by Crippen LogP contribution is -2.60. The largest absolute Gasteiger partial charge is 0.383 e. The first kappa shape index (κ1) is 21.6. The third-order valence-corrected chi connectivity index (χ3v) is 7.15. The van der Waals surface area contributed by atoms with Gasteiger partial charge >= 0.3 is 0 Å². The van der Waals surface area contributed by atoms with E-state index in [0.29, 0.717) is 25.5 Å². The molecule has 1 aliphatic heterocycles. The molecule has 2 aromatic heterocycles. The quantitative estimate of drug-likeness (QED) is 0.427. The molecule has 0 saturated carbocycles. The zero-order chi connectivity index (χ0) is 22.0. The van der Waals surface area contributed by atoms with Crippen LogP contribution in [0.4, 0.5) is 5.82 Å². The zero-order valence-electron chi connectivity index (χ0n) is 16.9. The van der Waals surface area contributed by atoms with Gasteiger partial charge in [0, 0.05) is 36.0 Å². The summed E-state index contributed by atoms with van der Waals surface area (Å²) in [6.45, 7) is 3.69. The molecule has 4 rings (SSSR count). The number of carbonyl (C=O) groups excluding carboxylic acids is 2. The van der Waals surface area contributed by atoms with Gasteiger partial charge in [-0.2, -0.15) is 0 Å². The average molecular weight is 500 g/mol. The molecule has 3 heterocycles. The molecule has 2 N–H and O–H groups in total. The van der Waals surface area contributed by atoms with Crippen LogP contribution in [0.2, 0.25) is 0 Å². The Morgan fingerprint density at radius 3 is 2.87 bits per heavy atom. The molecule has 0 aliphatic carbocycles. The van der Waals surface area contributed by atoms with Crippen molar-refractivity contribution in [1.82, 2.24) is 19.8 Å². The minimum Gasteiger partial charge on any atom is -0.383 e. The summed E-state index contributed by atoms with van der Waals surface area (Å²) in [5, 5.41) is 0.812. The van der Waals surface area contributed by atoms with Gasteiger partial charge in [-0.05, 0) is 58.8 Å². The van der Waals surface area contributed by atoms with E-state index < -0.39 is 0 Å². The summed E-state index contributed by atoms with van der Waals surface area (Å²) in [7, 11) is 0. The number of rotatable bonds is 5. The van der Waals surface area contributed by atoms with E-state index in [1.165, 1.54) is 6.33 Å². The number of fused-ring (bicyclic) bond motifs is 1. The van der Waals surface area contributed by atoms with Crippen LogP contribution in [-0.4, -0.2) is 57.1 Å². The maximum Gasteiger partial charge on any atom is 0.246 e. The fourth-order valence-corrected chi connectivity index (χ4v) is 5.22. The molecule has 31 heavy (non-hydrogen) atoms. The Hall–Kier alpha value is -2.62. The van der Waals surface area contributed by atoms with Crippen LogP contribution in [0.25, 0.3) is 17.0 Å². The van der Waals surface area contributed by atoms with Crippen molar-refractivity contribution in [3.8, 4) is 0 Å². The van der Waals surface area contributed by atoms with Gasteiger partial charge in [0.15, 0.2) is 0 Å². The van der Waals surface area contributed by atoms with Crippen LogP contribution in [0.15, 0.2) is 46.5 Å². The van der Waals surface area contributed by atoms with Crippen molar-refractivity contribution in [1.29, 1.82) is 0 Å². The molecule has 0 radical (unpaired) electrons. The van der Waals surface area contributed by atoms with Crippen LogP contribution >= 0.6 is 27.3 Å². The number of nitrogens with two attached hydrogens (primary N) is 1. The van der Waals surface area contributed by atoms with Crippen molar-refractivity contribution in [2.24, 2.45) is 0 Å². The van der Waals surface area contributed by atoms with Crippen molar-refractivity contribution < 1.29 is 9.59 Å². The summed E-state index contributed by atoms with van der Waals surface area (Å²) >= 11 is 4.99. The Labute approximate surface area is 192 Å². The highest BCUT2D eigenvalue weighted by molar-refractivity contribution is 9.11. The average Bonchev–Trinajstić information content (AvgIpc) is 3.17. The molecule has 1 aromatic carbocycles. The van der Waals surface area contributed by atoms with Crippen molar-refractivity contribution in [3.05, 3.63) is 57.0 Å². The van der Waals surface area contributed by atoms with Gasteiger partial charge in [0.2, 0.25) is 5.91 Å². The molecular formula is C22H22BrN5O2S. The molecular weight excluding hydrogens is 478 g/mol. The third-order valence-electron chi connectivity index (χ3n) is 5.56. The summed E-state index contributed by atoms with van der Waals surface area (Å²) in [5.74, 6) is 0.368. The summed E-state index contributed by atoms with van der Waals surface area (Å²) < 4.78 is 1.02. The van der Waals surface area contributed by atoms with Gasteiger partial charge in [-0.1, -0.05) is 6.07 Å². The smallest absolute Gasteiger partial charge is 0.246 e. The minimum atomic E-state index is -0.381. The van der Waals surface area contributed by atoms with E-state index in [-0.39, 0.29) is 18.0 Å². The lowest BCUT2D eigenvalue weighted by molar-refractivity contribution is -0.134. The Morgan fingerprint density at radius 1 is 1.29 bits per heavy atom. The van der Waals surface area contributed by atoms with E-state index in [1.807, 2.05) is 43.3 Å². The van der Waals surface area contributed by atoms with Crippen molar-refractivity contribution in [2.75, 3.05) is 18.8 Å². The molecule has 1 amide bonds. The van der Waals surface area contributed by atoms with E-state index in [4.69, 9.17) is 5.73 Å². The first-order valence-corrected chi connectivity index (χ1v) is 11.5. The topological polar surface area (TPSA) is 92.4 Å². The van der Waals surface area contributed by atoms with Crippen LogP contribution in [0, 0.1) is 0 Å². The highest BCUT2D eigenvalue weighted by Gasteiger charge is 2.35. The number of piperazine rings is 1. The van der Waals surface area contributed by atoms with Crippen LogP contribution in [0.1, 0.15) is 17.4 Å². The van der Waals surface area contributed by atoms with Crippen molar-refractivity contribution >= 4 is 62.3 Å².